The van der Waals surface area contributed by atoms with E-state index < -0.39 is 36.6 Å². The van der Waals surface area contributed by atoms with Crippen LogP contribution in [0.5, 0.6) is 5.88 Å². The normalized spacial score (nSPS) is 35.9. The lowest BCUT2D eigenvalue weighted by molar-refractivity contribution is -0.207. The minimum Gasteiger partial charge on any atom is -0.474 e. The Morgan fingerprint density at radius 1 is 1.52 bits per heavy atom. The molecule has 0 amide bonds. The highest BCUT2D eigenvalue weighted by molar-refractivity contribution is 5.09. The van der Waals surface area contributed by atoms with Crippen molar-refractivity contribution in [3.63, 3.8) is 0 Å². The van der Waals surface area contributed by atoms with Gasteiger partial charge in [-0.2, -0.15) is 4.98 Å². The van der Waals surface area contributed by atoms with E-state index in [9.17, 15) is 19.4 Å². The highest BCUT2D eigenvalue weighted by atomic mass is 19.2. The van der Waals surface area contributed by atoms with Gasteiger partial charge in [-0.15, -0.1) is 0 Å². The number of alkyl halides is 1. The molecule has 3 rings (SSSR count). The molecule has 116 valence electrons. The summed E-state index contributed by atoms with van der Waals surface area (Å²) >= 11 is 0. The molecule has 1 aliphatic heterocycles. The number of aliphatic hydroxyl groups is 3. The molecule has 0 aromatic carbocycles. The quantitative estimate of drug-likeness (QED) is 0.633. The van der Waals surface area contributed by atoms with E-state index in [1.54, 1.807) is 0 Å². The van der Waals surface area contributed by atoms with E-state index in [1.807, 2.05) is 0 Å². The topological polar surface area (TPSA) is 114 Å². The van der Waals surface area contributed by atoms with Crippen LogP contribution in [0.3, 0.4) is 0 Å². The van der Waals surface area contributed by atoms with Crippen LogP contribution in [0.25, 0.3) is 0 Å². The van der Waals surface area contributed by atoms with Gasteiger partial charge in [-0.1, -0.05) is 0 Å². The van der Waals surface area contributed by atoms with Gasteiger partial charge in [0.15, 0.2) is 6.23 Å². The number of hydrogen-bond acceptors (Lipinski definition) is 7. The number of ether oxygens (including phenoxy) is 2. The predicted molar refractivity (Wildman–Crippen MR) is 65.2 cm³/mol. The first-order valence-electron chi connectivity index (χ1n) is 6.54. The van der Waals surface area contributed by atoms with Crippen molar-refractivity contribution >= 4 is 0 Å². The third kappa shape index (κ3) is 2.53. The molecule has 1 aromatic rings. The number of halogens is 1. The first-order chi connectivity index (χ1) is 9.94. The number of aromatic nitrogens is 2. The minimum absolute atomic E-state index is 0.0655. The number of hydrogen-bond donors (Lipinski definition) is 3. The van der Waals surface area contributed by atoms with Crippen LogP contribution in [0, 0.1) is 0 Å². The van der Waals surface area contributed by atoms with Crippen molar-refractivity contribution < 1.29 is 29.2 Å². The summed E-state index contributed by atoms with van der Waals surface area (Å²) in [7, 11) is 0. The molecule has 0 radical (unpaired) electrons. The lowest BCUT2D eigenvalue weighted by Crippen LogP contribution is -2.42. The summed E-state index contributed by atoms with van der Waals surface area (Å²) in [4.78, 5) is 15.6. The lowest BCUT2D eigenvalue weighted by Gasteiger charge is -2.19. The van der Waals surface area contributed by atoms with Gasteiger partial charge in [0.25, 0.3) is 5.85 Å². The molecule has 21 heavy (non-hydrogen) atoms. The zero-order valence-corrected chi connectivity index (χ0v) is 10.9. The molecule has 2 fully saturated rings. The summed E-state index contributed by atoms with van der Waals surface area (Å²) in [6.07, 6.45) is -2.05. The van der Waals surface area contributed by atoms with Crippen LogP contribution in [0.4, 0.5) is 4.39 Å². The largest absolute Gasteiger partial charge is 0.474 e. The second-order valence-electron chi connectivity index (χ2n) is 5.16. The van der Waals surface area contributed by atoms with E-state index in [0.717, 1.165) is 17.4 Å². The van der Waals surface area contributed by atoms with Gasteiger partial charge >= 0.3 is 5.69 Å². The Morgan fingerprint density at radius 3 is 2.76 bits per heavy atom. The molecule has 3 N–H and O–H groups in total. The molecule has 1 saturated carbocycles. The molecule has 0 spiro atoms. The second kappa shape index (κ2) is 5.02. The highest BCUT2D eigenvalue weighted by Gasteiger charge is 2.55. The maximum Gasteiger partial charge on any atom is 0.353 e. The first kappa shape index (κ1) is 14.4. The smallest absolute Gasteiger partial charge is 0.353 e. The Bertz CT molecular complexity index is 591. The van der Waals surface area contributed by atoms with Crippen molar-refractivity contribution in [2.45, 2.75) is 43.2 Å². The van der Waals surface area contributed by atoms with Crippen LogP contribution >= 0.6 is 0 Å². The third-order valence-corrected chi connectivity index (χ3v) is 3.48. The molecule has 8 nitrogen and oxygen atoms in total. The first-order valence-corrected chi connectivity index (χ1v) is 6.54. The van der Waals surface area contributed by atoms with Crippen LogP contribution in [0.15, 0.2) is 17.1 Å². The molecular weight excluding hydrogens is 287 g/mol. The molecule has 0 unspecified atom stereocenters. The summed E-state index contributed by atoms with van der Waals surface area (Å²) in [5.41, 5.74) is -0.813. The molecule has 2 heterocycles. The van der Waals surface area contributed by atoms with E-state index in [-0.39, 0.29) is 12.0 Å². The van der Waals surface area contributed by atoms with Gasteiger partial charge in [0.1, 0.15) is 24.9 Å². The summed E-state index contributed by atoms with van der Waals surface area (Å²) in [5.74, 6) is -2.69. The van der Waals surface area contributed by atoms with E-state index in [2.05, 4.69) is 4.98 Å². The minimum atomic E-state index is -2.83. The fourth-order valence-corrected chi connectivity index (χ4v) is 2.12. The maximum atomic E-state index is 14.0. The molecular formula is C12H15FN2O6. The van der Waals surface area contributed by atoms with Gasteiger partial charge in [-0.05, 0) is 12.8 Å². The Morgan fingerprint density at radius 2 is 2.24 bits per heavy atom. The summed E-state index contributed by atoms with van der Waals surface area (Å²) in [6, 6.07) is 1.39. The Hall–Kier alpha value is -1.55. The average molecular weight is 302 g/mol. The van der Waals surface area contributed by atoms with Gasteiger partial charge < -0.3 is 24.8 Å². The van der Waals surface area contributed by atoms with Gasteiger partial charge in [0, 0.05) is 12.3 Å². The van der Waals surface area contributed by atoms with Gasteiger partial charge in [-0.3, -0.25) is 4.57 Å². The fraction of sp³-hybridized carbons (Fsp3) is 0.667. The fourth-order valence-electron chi connectivity index (χ4n) is 2.12. The van der Waals surface area contributed by atoms with Gasteiger partial charge in [0.2, 0.25) is 5.88 Å². The van der Waals surface area contributed by atoms with E-state index in [0.29, 0.717) is 0 Å². The van der Waals surface area contributed by atoms with Crippen LogP contribution in [0.1, 0.15) is 19.1 Å². The summed E-state index contributed by atoms with van der Waals surface area (Å²) < 4.78 is 24.9. The molecule has 1 aliphatic carbocycles. The van der Waals surface area contributed by atoms with Crippen molar-refractivity contribution in [3.8, 4) is 5.88 Å². The second-order valence-corrected chi connectivity index (χ2v) is 5.16. The number of rotatable bonds is 4. The van der Waals surface area contributed by atoms with Crippen molar-refractivity contribution in [2.24, 2.45) is 0 Å². The van der Waals surface area contributed by atoms with E-state index in [4.69, 9.17) is 14.6 Å². The number of aliphatic hydroxyl groups excluding tert-OH is 3. The Kier molecular flexibility index (Phi) is 3.44. The Labute approximate surface area is 118 Å². The van der Waals surface area contributed by atoms with E-state index >= 15 is 0 Å². The van der Waals surface area contributed by atoms with Crippen LogP contribution in [-0.4, -0.2) is 55.6 Å². The van der Waals surface area contributed by atoms with Crippen molar-refractivity contribution in [3.05, 3.63) is 22.7 Å². The molecule has 1 aromatic heterocycles. The molecule has 4 atom stereocenters. The van der Waals surface area contributed by atoms with Gasteiger partial charge in [-0.25, -0.2) is 9.18 Å². The van der Waals surface area contributed by atoms with Crippen molar-refractivity contribution in [1.82, 2.24) is 9.55 Å². The average Bonchev–Trinajstić information content (AvgIpc) is 3.24. The zero-order chi connectivity index (χ0) is 15.2. The standard InChI is InChI=1S/C12H15FN2O6/c13-12(5-16)9(18)8(17)10(21-12)15-4-3-7(14-11(15)19)20-6-1-2-6/h3-4,6,8-10,16-18H,1-2,5H2/t8-,9+,10-,12-/m1/s1. The molecule has 9 heteroatoms. The summed E-state index contributed by atoms with van der Waals surface area (Å²) in [5, 5.41) is 28.2. The zero-order valence-electron chi connectivity index (χ0n) is 10.9. The maximum absolute atomic E-state index is 14.0. The SMILES string of the molecule is O=c1nc(OC2CC2)ccn1[C@@H]1O[C@](F)(CO)[C@@H](O)[C@H]1O. The summed E-state index contributed by atoms with van der Waals surface area (Å²) in [6.45, 7) is -1.15. The van der Waals surface area contributed by atoms with Crippen LogP contribution in [0.2, 0.25) is 0 Å². The molecule has 1 saturated heterocycles. The third-order valence-electron chi connectivity index (χ3n) is 3.48. The predicted octanol–water partition coefficient (Wildman–Crippen LogP) is -1.31. The van der Waals surface area contributed by atoms with Crippen LogP contribution < -0.4 is 10.4 Å². The van der Waals surface area contributed by atoms with Gasteiger partial charge in [0.05, 0.1) is 0 Å². The molecule has 2 aliphatic rings. The lowest BCUT2D eigenvalue weighted by atomic mass is 10.1. The van der Waals surface area contributed by atoms with E-state index in [1.165, 1.54) is 12.3 Å². The van der Waals surface area contributed by atoms with Crippen molar-refractivity contribution in [2.75, 3.05) is 6.61 Å². The highest BCUT2D eigenvalue weighted by Crippen LogP contribution is 2.37. The Balaban J connectivity index is 1.85. The molecule has 0 bridgehead atoms. The van der Waals surface area contributed by atoms with Crippen LogP contribution in [-0.2, 0) is 4.74 Å². The number of nitrogens with zero attached hydrogens (tertiary/aromatic N) is 2. The van der Waals surface area contributed by atoms with Crippen molar-refractivity contribution in [1.29, 1.82) is 0 Å². The monoisotopic (exact) mass is 302 g/mol.